The second-order valence-electron chi connectivity index (χ2n) is 10.8. The quantitative estimate of drug-likeness (QED) is 0.429. The molecule has 3 aromatic rings. The lowest BCUT2D eigenvalue weighted by Gasteiger charge is -2.56. The molecule has 3 aromatic carbocycles. The Bertz CT molecular complexity index is 1190. The molecule has 0 amide bonds. The van der Waals surface area contributed by atoms with Crippen LogP contribution in [0.5, 0.6) is 5.75 Å². The van der Waals surface area contributed by atoms with Gasteiger partial charge in [-0.25, -0.2) is 0 Å². The second-order valence-corrected chi connectivity index (χ2v) is 11.3. The van der Waals surface area contributed by atoms with E-state index in [2.05, 4.69) is 48.5 Å². The van der Waals surface area contributed by atoms with E-state index in [0.29, 0.717) is 5.78 Å². The highest BCUT2D eigenvalue weighted by Gasteiger charge is 2.58. The molecule has 162 valence electrons. The third-order valence-corrected chi connectivity index (χ3v) is 9.10. The minimum absolute atomic E-state index is 0.0890. The van der Waals surface area contributed by atoms with Crippen LogP contribution in [0.4, 0.5) is 0 Å². The standard InChI is InChI=1S/C29H27ClO2/c30-22-8-5-21(6-9-22)25-26-23-4-2-1-3-20(23)7-10-24(26)32-27(25)28(31)29-14-17-11-18(15-29)13-19(12-17)16-29/h1-10,17-19,25,27H,11-16H2/t17?,18?,19?,25-,27-,29?/m0/s1. The molecule has 0 radical (unpaired) electrons. The molecule has 0 N–H and O–H groups in total. The average Bonchev–Trinajstić information content (AvgIpc) is 3.18. The average molecular weight is 443 g/mol. The molecule has 2 atom stereocenters. The van der Waals surface area contributed by atoms with Gasteiger partial charge in [0.15, 0.2) is 11.9 Å². The van der Waals surface area contributed by atoms with Crippen molar-refractivity contribution in [3.63, 3.8) is 0 Å². The van der Waals surface area contributed by atoms with Gasteiger partial charge in [0, 0.05) is 16.0 Å². The molecule has 32 heavy (non-hydrogen) atoms. The molecule has 0 aromatic heterocycles. The molecule has 8 rings (SSSR count). The molecule has 2 nitrogen and oxygen atoms in total. The van der Waals surface area contributed by atoms with E-state index in [4.69, 9.17) is 16.3 Å². The fraction of sp³-hybridized carbons (Fsp3) is 0.414. The number of benzene rings is 3. The highest BCUT2D eigenvalue weighted by atomic mass is 35.5. The molecule has 5 aliphatic rings. The maximum atomic E-state index is 14.4. The monoisotopic (exact) mass is 442 g/mol. The summed E-state index contributed by atoms with van der Waals surface area (Å²) >= 11 is 6.23. The van der Waals surface area contributed by atoms with Gasteiger partial charge >= 0.3 is 0 Å². The predicted molar refractivity (Wildman–Crippen MR) is 127 cm³/mol. The molecule has 1 aliphatic heterocycles. The van der Waals surface area contributed by atoms with Gasteiger partial charge in [-0.3, -0.25) is 4.79 Å². The molecule has 4 fully saturated rings. The van der Waals surface area contributed by atoms with Gasteiger partial charge in [0.2, 0.25) is 0 Å². The number of rotatable bonds is 3. The summed E-state index contributed by atoms with van der Waals surface area (Å²) < 4.78 is 6.58. The predicted octanol–water partition coefficient (Wildman–Crippen LogP) is 7.17. The first-order valence-corrected chi connectivity index (χ1v) is 12.5. The van der Waals surface area contributed by atoms with Crippen LogP contribution in [0.1, 0.15) is 55.6 Å². The van der Waals surface area contributed by atoms with Crippen LogP contribution in [0.2, 0.25) is 5.02 Å². The number of carbonyl (C=O) groups is 1. The Hall–Kier alpha value is -2.32. The zero-order valence-electron chi connectivity index (χ0n) is 18.1. The van der Waals surface area contributed by atoms with Crippen molar-refractivity contribution in [1.29, 1.82) is 0 Å². The van der Waals surface area contributed by atoms with Crippen LogP contribution in [0.3, 0.4) is 0 Å². The SMILES string of the molecule is O=C([C@H]1Oc2ccc3ccccc3c2[C@@H]1c1ccc(Cl)cc1)C12CC3CC(CC(C3)C1)C2. The van der Waals surface area contributed by atoms with Crippen molar-refractivity contribution in [2.24, 2.45) is 23.2 Å². The number of fused-ring (bicyclic) bond motifs is 3. The van der Waals surface area contributed by atoms with E-state index in [0.717, 1.165) is 58.9 Å². The Labute approximate surface area is 193 Å². The van der Waals surface area contributed by atoms with E-state index in [-0.39, 0.29) is 11.3 Å². The number of hydrogen-bond acceptors (Lipinski definition) is 2. The number of halogens is 1. The Morgan fingerprint density at radius 2 is 1.50 bits per heavy atom. The van der Waals surface area contributed by atoms with Gasteiger partial charge in [0.1, 0.15) is 5.75 Å². The number of ether oxygens (including phenoxy) is 1. The van der Waals surface area contributed by atoms with Crippen LogP contribution in [-0.4, -0.2) is 11.9 Å². The number of Topliss-reactive ketones (excluding diaryl/α,β-unsaturated/α-hetero) is 1. The largest absolute Gasteiger partial charge is 0.481 e. The second kappa shape index (κ2) is 6.84. The summed E-state index contributed by atoms with van der Waals surface area (Å²) in [6.07, 6.45) is 6.77. The Morgan fingerprint density at radius 3 is 2.19 bits per heavy atom. The van der Waals surface area contributed by atoms with Crippen LogP contribution >= 0.6 is 11.6 Å². The van der Waals surface area contributed by atoms with Crippen molar-refractivity contribution in [3.8, 4) is 5.75 Å². The normalized spacial score (nSPS) is 34.5. The molecule has 4 bridgehead atoms. The zero-order chi connectivity index (χ0) is 21.4. The van der Waals surface area contributed by atoms with E-state index in [1.165, 1.54) is 30.0 Å². The van der Waals surface area contributed by atoms with Crippen LogP contribution in [0.15, 0.2) is 60.7 Å². The third-order valence-electron chi connectivity index (χ3n) is 8.85. The highest BCUT2D eigenvalue weighted by molar-refractivity contribution is 6.30. The number of ketones is 1. The first-order chi connectivity index (χ1) is 15.6. The van der Waals surface area contributed by atoms with Crippen LogP contribution in [0, 0.1) is 23.2 Å². The van der Waals surface area contributed by atoms with Gasteiger partial charge in [-0.15, -0.1) is 0 Å². The molecule has 0 spiro atoms. The molecule has 4 saturated carbocycles. The molecule has 4 aliphatic carbocycles. The number of carbonyl (C=O) groups excluding carboxylic acids is 1. The van der Waals surface area contributed by atoms with Crippen LogP contribution in [-0.2, 0) is 4.79 Å². The maximum Gasteiger partial charge on any atom is 0.180 e. The van der Waals surface area contributed by atoms with Crippen molar-refractivity contribution < 1.29 is 9.53 Å². The lowest BCUT2D eigenvalue weighted by atomic mass is 9.48. The van der Waals surface area contributed by atoms with E-state index in [9.17, 15) is 4.79 Å². The summed E-state index contributed by atoms with van der Waals surface area (Å²) in [5, 5.41) is 3.09. The topological polar surface area (TPSA) is 26.3 Å². The fourth-order valence-electron chi connectivity index (χ4n) is 7.99. The van der Waals surface area contributed by atoms with E-state index < -0.39 is 6.10 Å². The van der Waals surface area contributed by atoms with Crippen LogP contribution in [0.25, 0.3) is 10.8 Å². The minimum Gasteiger partial charge on any atom is -0.481 e. The number of hydrogen-bond donors (Lipinski definition) is 0. The van der Waals surface area contributed by atoms with Crippen LogP contribution < -0.4 is 4.74 Å². The molecule has 0 saturated heterocycles. The van der Waals surface area contributed by atoms with Crippen molar-refractivity contribution in [2.45, 2.75) is 50.5 Å². The van der Waals surface area contributed by atoms with Crippen molar-refractivity contribution >= 4 is 28.2 Å². The summed E-state index contributed by atoms with van der Waals surface area (Å²) in [5.41, 5.74) is 2.10. The fourth-order valence-corrected chi connectivity index (χ4v) is 8.11. The minimum atomic E-state index is -0.451. The van der Waals surface area contributed by atoms with Gasteiger partial charge in [0.05, 0.1) is 5.92 Å². The van der Waals surface area contributed by atoms with E-state index >= 15 is 0 Å². The van der Waals surface area contributed by atoms with E-state index in [1.807, 2.05) is 12.1 Å². The smallest absolute Gasteiger partial charge is 0.180 e. The molecule has 1 heterocycles. The molecular formula is C29H27ClO2. The summed E-state index contributed by atoms with van der Waals surface area (Å²) in [6.45, 7) is 0. The van der Waals surface area contributed by atoms with Crippen molar-refractivity contribution in [1.82, 2.24) is 0 Å². The summed E-state index contributed by atoms with van der Waals surface area (Å²) in [4.78, 5) is 14.4. The Morgan fingerprint density at radius 1 is 0.844 bits per heavy atom. The highest BCUT2D eigenvalue weighted by Crippen LogP contribution is 2.62. The van der Waals surface area contributed by atoms with Gasteiger partial charge in [-0.1, -0.05) is 54.1 Å². The molecular weight excluding hydrogens is 416 g/mol. The Balaban J connectivity index is 1.36. The van der Waals surface area contributed by atoms with Gasteiger partial charge in [-0.05, 0) is 90.8 Å². The molecule has 0 unspecified atom stereocenters. The zero-order valence-corrected chi connectivity index (χ0v) is 18.9. The first-order valence-electron chi connectivity index (χ1n) is 12.1. The summed E-state index contributed by atoms with van der Waals surface area (Å²) in [7, 11) is 0. The Kier molecular flexibility index (Phi) is 4.10. The van der Waals surface area contributed by atoms with Gasteiger partial charge in [-0.2, -0.15) is 0 Å². The van der Waals surface area contributed by atoms with Crippen molar-refractivity contribution in [3.05, 3.63) is 76.8 Å². The molecule has 3 heteroatoms. The van der Waals surface area contributed by atoms with Crippen molar-refractivity contribution in [2.75, 3.05) is 0 Å². The first kappa shape index (κ1) is 19.2. The summed E-state index contributed by atoms with van der Waals surface area (Å²) in [5.74, 6) is 3.36. The van der Waals surface area contributed by atoms with Gasteiger partial charge < -0.3 is 4.74 Å². The maximum absolute atomic E-state index is 14.4. The lowest BCUT2D eigenvalue weighted by molar-refractivity contribution is -0.151. The summed E-state index contributed by atoms with van der Waals surface area (Å²) in [6, 6.07) is 20.7. The van der Waals surface area contributed by atoms with Gasteiger partial charge in [0.25, 0.3) is 0 Å². The lowest BCUT2D eigenvalue weighted by Crippen LogP contribution is -2.54. The third kappa shape index (κ3) is 2.75. The van der Waals surface area contributed by atoms with E-state index in [1.54, 1.807) is 0 Å².